The molecule has 0 N–H and O–H groups in total. The van der Waals surface area contributed by atoms with Crippen molar-refractivity contribution >= 4 is 46.7 Å². The fraction of sp³-hybridized carbons (Fsp3) is 0.400. The van der Waals surface area contributed by atoms with Crippen LogP contribution in [0.25, 0.3) is 0 Å². The second-order valence-electron chi connectivity index (χ2n) is 9.55. The maximum Gasteiger partial charge on any atom is 0.493 e. The van der Waals surface area contributed by atoms with Gasteiger partial charge in [-0.15, -0.1) is 0 Å². The Bertz CT molecular complexity index is 1150. The van der Waals surface area contributed by atoms with Crippen LogP contribution < -0.4 is 4.90 Å². The fourth-order valence-electron chi connectivity index (χ4n) is 3.92. The number of rotatable bonds is 4. The molecule has 0 saturated carbocycles. The van der Waals surface area contributed by atoms with Gasteiger partial charge in [0.25, 0.3) is 5.91 Å². The van der Waals surface area contributed by atoms with Crippen LogP contribution in [-0.4, -0.2) is 66.1 Å². The maximum absolute atomic E-state index is 13.7. The summed E-state index contributed by atoms with van der Waals surface area (Å²) in [5.74, 6) is -4.27. The van der Waals surface area contributed by atoms with Gasteiger partial charge >= 0.3 is 12.1 Å². The van der Waals surface area contributed by atoms with Gasteiger partial charge in [-0.25, -0.2) is 4.79 Å². The lowest BCUT2D eigenvalue weighted by Gasteiger charge is -2.42. The van der Waals surface area contributed by atoms with Crippen molar-refractivity contribution in [1.82, 2.24) is 9.96 Å². The molecule has 0 spiro atoms. The van der Waals surface area contributed by atoms with E-state index in [1.807, 2.05) is 4.90 Å². The average Bonchev–Trinajstić information content (AvgIpc) is 2.84. The van der Waals surface area contributed by atoms with E-state index in [2.05, 4.69) is 4.84 Å². The van der Waals surface area contributed by atoms with Crippen molar-refractivity contribution in [1.29, 1.82) is 0 Å². The highest BCUT2D eigenvalue weighted by molar-refractivity contribution is 6.42. The van der Waals surface area contributed by atoms with Gasteiger partial charge in [-0.05, 0) is 35.7 Å². The number of hydrogen-bond donors (Lipinski definition) is 0. The summed E-state index contributed by atoms with van der Waals surface area (Å²) >= 11 is 12.1. The molecule has 12 heteroatoms. The summed E-state index contributed by atoms with van der Waals surface area (Å²) in [7, 11) is 0. The van der Waals surface area contributed by atoms with Crippen LogP contribution in [-0.2, 0) is 14.4 Å². The lowest BCUT2D eigenvalue weighted by molar-refractivity contribution is -0.238. The van der Waals surface area contributed by atoms with Crippen LogP contribution in [0.2, 0.25) is 10.0 Å². The molecule has 1 fully saturated rings. The van der Waals surface area contributed by atoms with Crippen LogP contribution in [0.1, 0.15) is 31.1 Å². The van der Waals surface area contributed by atoms with Gasteiger partial charge in [0.2, 0.25) is 5.91 Å². The highest BCUT2D eigenvalue weighted by Crippen LogP contribution is 2.31. The summed E-state index contributed by atoms with van der Waals surface area (Å²) in [4.78, 5) is 46.8. The largest absolute Gasteiger partial charge is 0.493 e. The van der Waals surface area contributed by atoms with E-state index in [-0.39, 0.29) is 23.7 Å². The zero-order valence-electron chi connectivity index (χ0n) is 20.4. The first-order valence-electron chi connectivity index (χ1n) is 11.4. The average molecular weight is 560 g/mol. The number of amides is 2. The SMILES string of the molecule is CC(C)(C)[C@H](C(=O)N1CCN(c2ccc(Cl)c(Cl)c2)CC1)N(OC(=O)C(F)(F)F)C(=O)c1ccccc1. The second-order valence-corrected chi connectivity index (χ2v) is 10.4. The Hall–Kier alpha value is -2.98. The molecule has 2 aromatic carbocycles. The Morgan fingerprint density at radius 3 is 2.03 bits per heavy atom. The number of hydrogen-bond acceptors (Lipinski definition) is 5. The highest BCUT2D eigenvalue weighted by atomic mass is 35.5. The van der Waals surface area contributed by atoms with E-state index in [4.69, 9.17) is 23.2 Å². The molecule has 37 heavy (non-hydrogen) atoms. The van der Waals surface area contributed by atoms with E-state index in [9.17, 15) is 27.6 Å². The van der Waals surface area contributed by atoms with Gasteiger partial charge in [-0.1, -0.05) is 62.2 Å². The van der Waals surface area contributed by atoms with E-state index >= 15 is 0 Å². The van der Waals surface area contributed by atoms with Crippen molar-refractivity contribution in [3.63, 3.8) is 0 Å². The molecule has 7 nitrogen and oxygen atoms in total. The van der Waals surface area contributed by atoms with Gasteiger partial charge in [0, 0.05) is 37.4 Å². The van der Waals surface area contributed by atoms with E-state index < -0.39 is 35.4 Å². The number of carbonyl (C=O) groups is 3. The second kappa shape index (κ2) is 11.2. The van der Waals surface area contributed by atoms with Gasteiger partial charge in [-0.2, -0.15) is 18.2 Å². The molecule has 0 bridgehead atoms. The first kappa shape index (κ1) is 28.6. The first-order valence-corrected chi connectivity index (χ1v) is 12.1. The summed E-state index contributed by atoms with van der Waals surface area (Å²) in [5, 5.41) is 1.05. The Balaban J connectivity index is 1.88. The molecule has 0 radical (unpaired) electrons. The van der Waals surface area contributed by atoms with E-state index in [1.54, 1.807) is 45.0 Å². The molecule has 1 aliphatic rings. The summed E-state index contributed by atoms with van der Waals surface area (Å²) < 4.78 is 39.4. The van der Waals surface area contributed by atoms with Gasteiger partial charge in [0.1, 0.15) is 0 Å². The zero-order chi connectivity index (χ0) is 27.5. The lowest BCUT2D eigenvalue weighted by Crippen LogP contribution is -2.60. The lowest BCUT2D eigenvalue weighted by atomic mass is 9.85. The minimum Gasteiger partial charge on any atom is -0.368 e. The third-order valence-electron chi connectivity index (χ3n) is 5.78. The van der Waals surface area contributed by atoms with Crippen molar-refractivity contribution in [2.24, 2.45) is 5.41 Å². The number of halogens is 5. The Kier molecular flexibility index (Phi) is 8.64. The minimum absolute atomic E-state index is 0.0380. The van der Waals surface area contributed by atoms with E-state index in [1.165, 1.54) is 29.2 Å². The molecular weight excluding hydrogens is 534 g/mol. The quantitative estimate of drug-likeness (QED) is 0.480. The Labute approximate surface area is 222 Å². The van der Waals surface area contributed by atoms with Crippen LogP contribution >= 0.6 is 23.2 Å². The van der Waals surface area contributed by atoms with E-state index in [0.717, 1.165) is 5.69 Å². The first-order chi connectivity index (χ1) is 17.2. The summed E-state index contributed by atoms with van der Waals surface area (Å²) in [6.07, 6.45) is -5.37. The number of nitrogens with zero attached hydrogens (tertiary/aromatic N) is 3. The van der Waals surface area contributed by atoms with Crippen molar-refractivity contribution in [3.05, 3.63) is 64.1 Å². The van der Waals surface area contributed by atoms with Gasteiger partial charge in [0.05, 0.1) is 10.0 Å². The smallest absolute Gasteiger partial charge is 0.368 e. The monoisotopic (exact) mass is 559 g/mol. The maximum atomic E-state index is 13.7. The number of anilines is 1. The topological polar surface area (TPSA) is 70.2 Å². The third kappa shape index (κ3) is 6.87. The van der Waals surface area contributed by atoms with Crippen LogP contribution in [0.15, 0.2) is 48.5 Å². The number of carbonyl (C=O) groups excluding carboxylic acids is 3. The van der Waals surface area contributed by atoms with Gasteiger partial charge in [0.15, 0.2) is 6.04 Å². The van der Waals surface area contributed by atoms with Gasteiger partial charge in [-0.3, -0.25) is 9.59 Å². The molecule has 1 atom stereocenters. The van der Waals surface area contributed by atoms with Crippen molar-refractivity contribution in [3.8, 4) is 0 Å². The predicted molar refractivity (Wildman–Crippen MR) is 133 cm³/mol. The molecule has 2 aromatic rings. The molecule has 0 unspecified atom stereocenters. The molecule has 0 aliphatic carbocycles. The fourth-order valence-corrected chi connectivity index (χ4v) is 4.22. The van der Waals surface area contributed by atoms with Crippen molar-refractivity contribution in [2.75, 3.05) is 31.1 Å². The molecule has 1 saturated heterocycles. The van der Waals surface area contributed by atoms with Crippen molar-refractivity contribution in [2.45, 2.75) is 33.0 Å². The number of hydroxylamine groups is 2. The number of benzene rings is 2. The van der Waals surface area contributed by atoms with Crippen molar-refractivity contribution < 1.29 is 32.4 Å². The normalized spacial score (nSPS) is 15.2. The summed E-state index contributed by atoms with van der Waals surface area (Å²) in [5.41, 5.74) is -0.327. The Morgan fingerprint density at radius 1 is 0.919 bits per heavy atom. The minimum atomic E-state index is -5.37. The third-order valence-corrected chi connectivity index (χ3v) is 6.52. The zero-order valence-corrected chi connectivity index (χ0v) is 21.9. The van der Waals surface area contributed by atoms with Crippen LogP contribution in [0.3, 0.4) is 0 Å². The van der Waals surface area contributed by atoms with Gasteiger partial charge < -0.3 is 14.6 Å². The molecule has 3 rings (SSSR count). The molecule has 1 aliphatic heterocycles. The van der Waals surface area contributed by atoms with Crippen LogP contribution in [0.5, 0.6) is 0 Å². The predicted octanol–water partition coefficient (Wildman–Crippen LogP) is 5.22. The highest BCUT2D eigenvalue weighted by Gasteiger charge is 2.49. The summed E-state index contributed by atoms with van der Waals surface area (Å²) in [6.45, 7) is 5.96. The summed E-state index contributed by atoms with van der Waals surface area (Å²) in [6, 6.07) is 11.0. The Morgan fingerprint density at radius 2 is 1.51 bits per heavy atom. The number of alkyl halides is 3. The molecular formula is C25H26Cl2F3N3O4. The standard InChI is InChI=1S/C25H26Cl2F3N3O4/c1-24(2,3)20(33(37-23(36)25(28,29)30)21(34)16-7-5-4-6-8-16)22(35)32-13-11-31(12-14-32)17-9-10-18(26)19(27)15-17/h4-10,15,20H,11-14H2,1-3H3/t20-/m0/s1. The van der Waals surface area contributed by atoms with Crippen LogP contribution in [0, 0.1) is 5.41 Å². The molecule has 1 heterocycles. The van der Waals surface area contributed by atoms with Crippen LogP contribution in [0.4, 0.5) is 18.9 Å². The number of piperazine rings is 1. The van der Waals surface area contributed by atoms with E-state index in [0.29, 0.717) is 23.1 Å². The molecule has 2 amide bonds. The molecule has 200 valence electrons. The molecule has 0 aromatic heterocycles.